The molecule has 0 radical (unpaired) electrons. The molecule has 0 saturated heterocycles. The molecule has 0 amide bonds. The van der Waals surface area contributed by atoms with E-state index in [9.17, 15) is 20.1 Å². The molecular formula is C15H19NO5. The van der Waals surface area contributed by atoms with E-state index in [2.05, 4.69) is 5.32 Å². The Balaban J connectivity index is 2.34. The van der Waals surface area contributed by atoms with Crippen LogP contribution in [0.1, 0.15) is 29.5 Å². The summed E-state index contributed by atoms with van der Waals surface area (Å²) in [7, 11) is 0. The summed E-state index contributed by atoms with van der Waals surface area (Å²) in [5, 5.41) is 31.7. The van der Waals surface area contributed by atoms with Crippen LogP contribution in [0.3, 0.4) is 0 Å². The zero-order valence-electron chi connectivity index (χ0n) is 11.8. The molecule has 0 saturated carbocycles. The molecule has 0 spiro atoms. The molecule has 21 heavy (non-hydrogen) atoms. The molecule has 4 N–H and O–H groups in total. The highest BCUT2D eigenvalue weighted by Crippen LogP contribution is 2.26. The van der Waals surface area contributed by atoms with Crippen LogP contribution < -0.4 is 5.32 Å². The predicted molar refractivity (Wildman–Crippen MR) is 77.2 cm³/mol. The number of hydrogen-bond donors (Lipinski definition) is 4. The van der Waals surface area contributed by atoms with E-state index in [1.54, 1.807) is 24.3 Å². The van der Waals surface area contributed by atoms with Gasteiger partial charge in [0.15, 0.2) is 0 Å². The maximum absolute atomic E-state index is 11.4. The first kappa shape index (κ1) is 15.5. The number of carbonyl (C=O) groups is 1. The third-order valence-corrected chi connectivity index (χ3v) is 3.79. The molecule has 2 rings (SSSR count). The number of aliphatic hydroxyl groups excluding tert-OH is 2. The number of para-hydroxylation sites is 1. The standard InChI is InChI=1S/C15H19NO5/c1-2-15(8-17,9-18)16-7-12-13(14(19)20)10-5-3-4-6-11(10)21-12/h3-6,16-18H,2,7-9H2,1H3,(H,19,20). The largest absolute Gasteiger partial charge is 0.478 e. The highest BCUT2D eigenvalue weighted by atomic mass is 16.4. The van der Waals surface area contributed by atoms with E-state index in [-0.39, 0.29) is 31.1 Å². The second-order valence-corrected chi connectivity index (χ2v) is 5.01. The summed E-state index contributed by atoms with van der Waals surface area (Å²) in [6.45, 7) is 1.45. The van der Waals surface area contributed by atoms with Crippen molar-refractivity contribution in [2.75, 3.05) is 13.2 Å². The van der Waals surface area contributed by atoms with Gasteiger partial charge in [-0.1, -0.05) is 25.1 Å². The fraction of sp³-hybridized carbons (Fsp3) is 0.400. The van der Waals surface area contributed by atoms with Gasteiger partial charge in [0.1, 0.15) is 16.9 Å². The lowest BCUT2D eigenvalue weighted by Gasteiger charge is -2.29. The minimum absolute atomic E-state index is 0.110. The van der Waals surface area contributed by atoms with Crippen molar-refractivity contribution in [3.63, 3.8) is 0 Å². The van der Waals surface area contributed by atoms with Crippen molar-refractivity contribution >= 4 is 16.9 Å². The van der Waals surface area contributed by atoms with Crippen molar-refractivity contribution in [3.05, 3.63) is 35.6 Å². The molecule has 0 unspecified atom stereocenters. The zero-order chi connectivity index (χ0) is 15.5. The van der Waals surface area contributed by atoms with Crippen molar-refractivity contribution in [2.45, 2.75) is 25.4 Å². The summed E-state index contributed by atoms with van der Waals surface area (Å²) in [4.78, 5) is 11.4. The minimum atomic E-state index is -1.06. The zero-order valence-corrected chi connectivity index (χ0v) is 11.8. The van der Waals surface area contributed by atoms with Gasteiger partial charge in [-0.2, -0.15) is 0 Å². The van der Waals surface area contributed by atoms with Gasteiger partial charge < -0.3 is 25.1 Å². The van der Waals surface area contributed by atoms with Gasteiger partial charge in [0.2, 0.25) is 0 Å². The van der Waals surface area contributed by atoms with E-state index in [0.717, 1.165) is 0 Å². The maximum atomic E-state index is 11.4. The van der Waals surface area contributed by atoms with Crippen molar-refractivity contribution in [1.82, 2.24) is 5.32 Å². The number of carboxylic acids is 1. The summed E-state index contributed by atoms with van der Waals surface area (Å²) in [6, 6.07) is 6.92. The molecular weight excluding hydrogens is 274 g/mol. The minimum Gasteiger partial charge on any atom is -0.478 e. The molecule has 0 fully saturated rings. The van der Waals surface area contributed by atoms with Gasteiger partial charge in [0, 0.05) is 5.39 Å². The van der Waals surface area contributed by atoms with Gasteiger partial charge in [-0.05, 0) is 12.5 Å². The van der Waals surface area contributed by atoms with Gasteiger partial charge in [0.25, 0.3) is 0 Å². The van der Waals surface area contributed by atoms with Crippen LogP contribution >= 0.6 is 0 Å². The molecule has 0 bridgehead atoms. The van der Waals surface area contributed by atoms with Gasteiger partial charge in [0.05, 0.1) is 25.3 Å². The average molecular weight is 293 g/mol. The number of aliphatic hydroxyl groups is 2. The van der Waals surface area contributed by atoms with Crippen molar-refractivity contribution in [3.8, 4) is 0 Å². The maximum Gasteiger partial charge on any atom is 0.339 e. The molecule has 1 aromatic heterocycles. The van der Waals surface area contributed by atoms with Gasteiger partial charge in [-0.15, -0.1) is 0 Å². The third kappa shape index (κ3) is 2.92. The number of fused-ring (bicyclic) bond motifs is 1. The molecule has 0 atom stereocenters. The Bertz CT molecular complexity index is 622. The smallest absolute Gasteiger partial charge is 0.339 e. The van der Waals surface area contributed by atoms with Crippen LogP contribution in [0.15, 0.2) is 28.7 Å². The van der Waals surface area contributed by atoms with Gasteiger partial charge in [-0.3, -0.25) is 0 Å². The van der Waals surface area contributed by atoms with Crippen LogP contribution in [0.4, 0.5) is 0 Å². The van der Waals surface area contributed by atoms with Crippen LogP contribution in [-0.4, -0.2) is 40.0 Å². The monoisotopic (exact) mass is 293 g/mol. The molecule has 1 heterocycles. The van der Waals surface area contributed by atoms with Crippen LogP contribution in [0, 0.1) is 0 Å². The number of rotatable bonds is 7. The third-order valence-electron chi connectivity index (χ3n) is 3.79. The summed E-state index contributed by atoms with van der Waals surface area (Å²) < 4.78 is 5.58. The van der Waals surface area contributed by atoms with Crippen LogP contribution in [0.25, 0.3) is 11.0 Å². The first-order valence-electron chi connectivity index (χ1n) is 6.77. The Kier molecular flexibility index (Phi) is 4.62. The second-order valence-electron chi connectivity index (χ2n) is 5.01. The Morgan fingerprint density at radius 2 is 1.95 bits per heavy atom. The molecule has 0 aliphatic carbocycles. The van der Waals surface area contributed by atoms with E-state index in [1.165, 1.54) is 0 Å². The van der Waals surface area contributed by atoms with E-state index in [4.69, 9.17) is 4.42 Å². The fourth-order valence-corrected chi connectivity index (χ4v) is 2.23. The lowest BCUT2D eigenvalue weighted by Crippen LogP contribution is -2.50. The van der Waals surface area contributed by atoms with E-state index >= 15 is 0 Å². The number of nitrogens with one attached hydrogen (secondary N) is 1. The molecule has 6 heteroatoms. The quantitative estimate of drug-likeness (QED) is 0.614. The molecule has 0 aliphatic rings. The molecule has 6 nitrogen and oxygen atoms in total. The molecule has 2 aromatic rings. The molecule has 1 aromatic carbocycles. The lowest BCUT2D eigenvalue weighted by atomic mass is 9.98. The summed E-state index contributed by atoms with van der Waals surface area (Å²) >= 11 is 0. The molecule has 0 aliphatic heterocycles. The number of hydrogen-bond acceptors (Lipinski definition) is 5. The number of furan rings is 1. The highest BCUT2D eigenvalue weighted by molar-refractivity contribution is 6.03. The second kappa shape index (κ2) is 6.26. The van der Waals surface area contributed by atoms with E-state index < -0.39 is 11.5 Å². The SMILES string of the molecule is CCC(CO)(CO)NCc1oc2ccccc2c1C(=O)O. The van der Waals surface area contributed by atoms with Crippen LogP contribution in [0.2, 0.25) is 0 Å². The number of aromatic carboxylic acids is 1. The topological polar surface area (TPSA) is 103 Å². The Hall–Kier alpha value is -1.89. The summed E-state index contributed by atoms with van der Waals surface area (Å²) in [6.07, 6.45) is 0.503. The first-order chi connectivity index (χ1) is 10.1. The highest BCUT2D eigenvalue weighted by Gasteiger charge is 2.28. The van der Waals surface area contributed by atoms with Gasteiger partial charge >= 0.3 is 5.97 Å². The first-order valence-corrected chi connectivity index (χ1v) is 6.77. The van der Waals surface area contributed by atoms with Crippen LogP contribution in [0.5, 0.6) is 0 Å². The van der Waals surface area contributed by atoms with Crippen molar-refractivity contribution < 1.29 is 24.5 Å². The van der Waals surface area contributed by atoms with E-state index in [1.807, 2.05) is 6.92 Å². The number of carboxylic acid groups (broad SMARTS) is 1. The van der Waals surface area contributed by atoms with E-state index in [0.29, 0.717) is 17.4 Å². The fourth-order valence-electron chi connectivity index (χ4n) is 2.23. The predicted octanol–water partition coefficient (Wildman–Crippen LogP) is 1.35. The normalized spacial score (nSPS) is 12.0. The Morgan fingerprint density at radius 1 is 1.29 bits per heavy atom. The average Bonchev–Trinajstić information content (AvgIpc) is 2.87. The lowest BCUT2D eigenvalue weighted by molar-refractivity contribution is 0.0693. The van der Waals surface area contributed by atoms with Crippen molar-refractivity contribution in [1.29, 1.82) is 0 Å². The summed E-state index contributed by atoms with van der Waals surface area (Å²) in [5.74, 6) is -0.782. The van der Waals surface area contributed by atoms with Gasteiger partial charge in [-0.25, -0.2) is 4.79 Å². The Morgan fingerprint density at radius 3 is 2.52 bits per heavy atom. The Labute approximate surface area is 122 Å². The summed E-state index contributed by atoms with van der Waals surface area (Å²) in [5.41, 5.74) is -0.241. The number of benzene rings is 1. The van der Waals surface area contributed by atoms with Crippen LogP contribution in [-0.2, 0) is 6.54 Å². The molecule has 114 valence electrons. The van der Waals surface area contributed by atoms with Crippen molar-refractivity contribution in [2.24, 2.45) is 0 Å².